The second-order valence-corrected chi connectivity index (χ2v) is 5.50. The molecule has 1 aliphatic rings. The number of hydrogen-bond acceptors (Lipinski definition) is 2. The SMILES string of the molecule is CCCCNC(=O)c1cc(F)c(F)c(C2CCNCC2)c1. The van der Waals surface area contributed by atoms with Crippen LogP contribution in [0.1, 0.15) is 54.4 Å². The van der Waals surface area contributed by atoms with Crippen LogP contribution < -0.4 is 10.6 Å². The molecule has 0 spiro atoms. The fourth-order valence-electron chi connectivity index (χ4n) is 2.65. The third-order valence-corrected chi connectivity index (χ3v) is 3.91. The summed E-state index contributed by atoms with van der Waals surface area (Å²) < 4.78 is 27.8. The topological polar surface area (TPSA) is 41.1 Å². The molecule has 1 aliphatic heterocycles. The Morgan fingerprint density at radius 3 is 2.71 bits per heavy atom. The van der Waals surface area contributed by atoms with Gasteiger partial charge in [0.2, 0.25) is 0 Å². The summed E-state index contributed by atoms with van der Waals surface area (Å²) in [4.78, 5) is 12.0. The molecule has 2 rings (SSSR count). The van der Waals surface area contributed by atoms with Gasteiger partial charge in [0.1, 0.15) is 0 Å². The van der Waals surface area contributed by atoms with Crippen LogP contribution in [0.25, 0.3) is 0 Å². The van der Waals surface area contributed by atoms with E-state index in [1.54, 1.807) is 0 Å². The third kappa shape index (κ3) is 4.00. The summed E-state index contributed by atoms with van der Waals surface area (Å²) >= 11 is 0. The molecule has 116 valence electrons. The van der Waals surface area contributed by atoms with Crippen molar-refractivity contribution in [2.45, 2.75) is 38.5 Å². The summed E-state index contributed by atoms with van der Waals surface area (Å²) in [5.74, 6) is -2.11. The van der Waals surface area contributed by atoms with Gasteiger partial charge in [0.15, 0.2) is 11.6 Å². The summed E-state index contributed by atoms with van der Waals surface area (Å²) in [6.07, 6.45) is 3.36. The van der Waals surface area contributed by atoms with E-state index in [0.29, 0.717) is 12.1 Å². The molecule has 0 aliphatic carbocycles. The van der Waals surface area contributed by atoms with E-state index in [-0.39, 0.29) is 17.4 Å². The quantitative estimate of drug-likeness (QED) is 0.820. The number of piperidine rings is 1. The van der Waals surface area contributed by atoms with Crippen LogP contribution in [-0.2, 0) is 0 Å². The van der Waals surface area contributed by atoms with Crippen LogP contribution in [0.3, 0.4) is 0 Å². The molecule has 3 nitrogen and oxygen atoms in total. The first-order valence-corrected chi connectivity index (χ1v) is 7.61. The molecule has 0 bridgehead atoms. The van der Waals surface area contributed by atoms with E-state index in [1.807, 2.05) is 6.92 Å². The minimum absolute atomic E-state index is 0.0239. The number of halogens is 2. The summed E-state index contributed by atoms with van der Waals surface area (Å²) in [5.41, 5.74) is 0.538. The smallest absolute Gasteiger partial charge is 0.251 e. The average Bonchev–Trinajstić information content (AvgIpc) is 2.51. The summed E-state index contributed by atoms with van der Waals surface area (Å²) in [5, 5.41) is 5.93. The van der Waals surface area contributed by atoms with E-state index in [4.69, 9.17) is 0 Å². The van der Waals surface area contributed by atoms with Gasteiger partial charge in [-0.15, -0.1) is 0 Å². The lowest BCUT2D eigenvalue weighted by Gasteiger charge is -2.24. The van der Waals surface area contributed by atoms with Gasteiger partial charge in [0.05, 0.1) is 0 Å². The van der Waals surface area contributed by atoms with Gasteiger partial charge in [-0.2, -0.15) is 0 Å². The summed E-state index contributed by atoms with van der Waals surface area (Å²) in [6.45, 7) is 4.16. The number of nitrogens with one attached hydrogen (secondary N) is 2. The normalized spacial score (nSPS) is 16.0. The van der Waals surface area contributed by atoms with E-state index in [9.17, 15) is 13.6 Å². The Bertz CT molecular complexity index is 499. The molecule has 0 aromatic heterocycles. The van der Waals surface area contributed by atoms with E-state index in [2.05, 4.69) is 10.6 Å². The van der Waals surface area contributed by atoms with E-state index in [0.717, 1.165) is 44.8 Å². The fourth-order valence-corrected chi connectivity index (χ4v) is 2.65. The maximum atomic E-state index is 14.0. The molecule has 1 aromatic rings. The maximum Gasteiger partial charge on any atom is 0.251 e. The zero-order valence-electron chi connectivity index (χ0n) is 12.3. The number of unbranched alkanes of at least 4 members (excludes halogenated alkanes) is 1. The zero-order chi connectivity index (χ0) is 15.2. The van der Waals surface area contributed by atoms with Crippen LogP contribution >= 0.6 is 0 Å². The van der Waals surface area contributed by atoms with Crippen LogP contribution in [-0.4, -0.2) is 25.5 Å². The molecule has 1 amide bonds. The van der Waals surface area contributed by atoms with Crippen molar-refractivity contribution in [2.75, 3.05) is 19.6 Å². The van der Waals surface area contributed by atoms with Gasteiger partial charge in [0, 0.05) is 12.1 Å². The highest BCUT2D eigenvalue weighted by atomic mass is 19.2. The second-order valence-electron chi connectivity index (χ2n) is 5.50. The van der Waals surface area contributed by atoms with Crippen LogP contribution in [0.4, 0.5) is 8.78 Å². The van der Waals surface area contributed by atoms with Crippen LogP contribution in [0.5, 0.6) is 0 Å². The first-order chi connectivity index (χ1) is 10.1. The predicted molar refractivity (Wildman–Crippen MR) is 78.4 cm³/mol. The fraction of sp³-hybridized carbons (Fsp3) is 0.562. The molecule has 1 saturated heterocycles. The second kappa shape index (κ2) is 7.50. The third-order valence-electron chi connectivity index (χ3n) is 3.91. The molecule has 0 atom stereocenters. The monoisotopic (exact) mass is 296 g/mol. The molecule has 1 heterocycles. The molecule has 0 radical (unpaired) electrons. The Labute approximate surface area is 124 Å². The number of carbonyl (C=O) groups excluding carboxylic acids is 1. The highest BCUT2D eigenvalue weighted by molar-refractivity contribution is 5.94. The van der Waals surface area contributed by atoms with Gasteiger partial charge in [-0.3, -0.25) is 4.79 Å². The van der Waals surface area contributed by atoms with E-state index >= 15 is 0 Å². The van der Waals surface area contributed by atoms with Crippen molar-refractivity contribution >= 4 is 5.91 Å². The van der Waals surface area contributed by atoms with Gasteiger partial charge in [-0.1, -0.05) is 13.3 Å². The molecule has 0 unspecified atom stereocenters. The summed E-state index contributed by atoms with van der Waals surface area (Å²) in [7, 11) is 0. The van der Waals surface area contributed by atoms with Crippen molar-refractivity contribution in [3.05, 3.63) is 34.9 Å². The Kier molecular flexibility index (Phi) is 5.67. The Morgan fingerprint density at radius 1 is 1.33 bits per heavy atom. The Morgan fingerprint density at radius 2 is 2.05 bits per heavy atom. The van der Waals surface area contributed by atoms with Gasteiger partial charge >= 0.3 is 0 Å². The molecular weight excluding hydrogens is 274 g/mol. The van der Waals surface area contributed by atoms with Crippen molar-refractivity contribution < 1.29 is 13.6 Å². The number of rotatable bonds is 5. The standard InChI is InChI=1S/C16H22F2N2O/c1-2-3-6-20-16(21)12-9-13(15(18)14(17)10-12)11-4-7-19-8-5-11/h9-11,19H,2-8H2,1H3,(H,20,21). The largest absolute Gasteiger partial charge is 0.352 e. The van der Waals surface area contributed by atoms with Crippen LogP contribution in [0.2, 0.25) is 0 Å². The van der Waals surface area contributed by atoms with Crippen molar-refractivity contribution in [3.63, 3.8) is 0 Å². The van der Waals surface area contributed by atoms with Crippen LogP contribution in [0, 0.1) is 11.6 Å². The minimum Gasteiger partial charge on any atom is -0.352 e. The zero-order valence-corrected chi connectivity index (χ0v) is 12.3. The van der Waals surface area contributed by atoms with E-state index in [1.165, 1.54) is 6.07 Å². The Hall–Kier alpha value is -1.49. The molecule has 2 N–H and O–H groups in total. The molecule has 1 fully saturated rings. The predicted octanol–water partition coefficient (Wildman–Crippen LogP) is 2.96. The number of hydrogen-bond donors (Lipinski definition) is 2. The highest BCUT2D eigenvalue weighted by Crippen LogP contribution is 2.29. The lowest BCUT2D eigenvalue weighted by atomic mass is 9.88. The first kappa shape index (κ1) is 15.9. The molecule has 1 aromatic carbocycles. The van der Waals surface area contributed by atoms with Crippen LogP contribution in [0.15, 0.2) is 12.1 Å². The number of carbonyl (C=O) groups is 1. The van der Waals surface area contributed by atoms with Crippen molar-refractivity contribution in [1.29, 1.82) is 0 Å². The van der Waals surface area contributed by atoms with Gasteiger partial charge in [-0.05, 0) is 56.0 Å². The van der Waals surface area contributed by atoms with Gasteiger partial charge < -0.3 is 10.6 Å². The number of benzene rings is 1. The summed E-state index contributed by atoms with van der Waals surface area (Å²) in [6, 6.07) is 2.50. The maximum absolute atomic E-state index is 14.0. The lowest BCUT2D eigenvalue weighted by molar-refractivity contribution is 0.0952. The molecular formula is C16H22F2N2O. The van der Waals surface area contributed by atoms with Crippen molar-refractivity contribution in [3.8, 4) is 0 Å². The highest BCUT2D eigenvalue weighted by Gasteiger charge is 2.23. The number of amides is 1. The minimum atomic E-state index is -0.938. The average molecular weight is 296 g/mol. The molecule has 5 heteroatoms. The van der Waals surface area contributed by atoms with E-state index < -0.39 is 11.6 Å². The van der Waals surface area contributed by atoms with Gasteiger partial charge in [-0.25, -0.2) is 8.78 Å². The van der Waals surface area contributed by atoms with Gasteiger partial charge in [0.25, 0.3) is 5.91 Å². The molecule has 21 heavy (non-hydrogen) atoms. The first-order valence-electron chi connectivity index (χ1n) is 7.61. The van der Waals surface area contributed by atoms with Crippen molar-refractivity contribution in [1.82, 2.24) is 10.6 Å². The molecule has 0 saturated carbocycles. The Balaban J connectivity index is 2.19. The lowest BCUT2D eigenvalue weighted by Crippen LogP contribution is -2.28. The van der Waals surface area contributed by atoms with Crippen molar-refractivity contribution in [2.24, 2.45) is 0 Å².